The zero-order valence-electron chi connectivity index (χ0n) is 13.6. The van der Waals surface area contributed by atoms with Crippen molar-refractivity contribution in [1.82, 2.24) is 4.90 Å². The van der Waals surface area contributed by atoms with E-state index in [0.29, 0.717) is 0 Å². The molecular formula is C18H19NO6. The third kappa shape index (κ3) is 5.74. The molecule has 1 heterocycles. The number of aliphatic carboxylic acids is 1. The number of aliphatic hydroxyl groups excluding tert-OH is 2. The molecule has 132 valence electrons. The first-order chi connectivity index (χ1) is 11.9. The number of likely N-dealkylation sites (tertiary alicyclic amines) is 1. The fourth-order valence-electron chi connectivity index (χ4n) is 1.96. The van der Waals surface area contributed by atoms with Gasteiger partial charge in [0.25, 0.3) is 5.91 Å². The van der Waals surface area contributed by atoms with Gasteiger partial charge in [-0.25, -0.2) is 4.79 Å². The molecule has 1 fully saturated rings. The van der Waals surface area contributed by atoms with Crippen LogP contribution in [0.2, 0.25) is 0 Å². The second kappa shape index (κ2) is 9.84. The molecule has 1 atom stereocenters. The average molecular weight is 345 g/mol. The van der Waals surface area contributed by atoms with Gasteiger partial charge in [-0.1, -0.05) is 48.6 Å². The summed E-state index contributed by atoms with van der Waals surface area (Å²) in [5, 5.41) is 27.4. The minimum atomic E-state index is -1.02. The molecule has 1 rings (SSSR count). The highest BCUT2D eigenvalue weighted by Gasteiger charge is 2.42. The summed E-state index contributed by atoms with van der Waals surface area (Å²) >= 11 is 0. The molecule has 1 amide bonds. The number of carbonyl (C=O) groups is 3. The maximum atomic E-state index is 11.9. The molecule has 7 heteroatoms. The smallest absolute Gasteiger partial charge is 0.328 e. The number of hydrogen-bond donors (Lipinski definition) is 3. The van der Waals surface area contributed by atoms with Gasteiger partial charge in [0, 0.05) is 13.1 Å². The molecule has 3 N–H and O–H groups in total. The normalized spacial score (nSPS) is 21.2. The van der Waals surface area contributed by atoms with Crippen molar-refractivity contribution >= 4 is 17.7 Å². The standard InChI is InChI=1S/C18H19NO6/c1-19-13(12-20)17(24)16(18(19)25)14(21)10-8-6-4-2-3-5-7-9-11-15(22)23/h2-11,13,20-21H,12H2,1H3,(H,22,23)/b3-2+,6-4+,7-5+,10-8+,11-9+,16-14?/t13-/m0/s1. The van der Waals surface area contributed by atoms with Crippen molar-refractivity contribution in [1.29, 1.82) is 0 Å². The number of carboxylic acid groups (broad SMARTS) is 1. The quantitative estimate of drug-likeness (QED) is 0.275. The fraction of sp³-hybridized carbons (Fsp3) is 0.167. The molecule has 0 bridgehead atoms. The lowest BCUT2D eigenvalue weighted by Crippen LogP contribution is -2.34. The number of nitrogens with zero attached hydrogens (tertiary/aromatic N) is 1. The van der Waals surface area contributed by atoms with E-state index in [1.54, 1.807) is 36.5 Å². The van der Waals surface area contributed by atoms with Crippen LogP contribution in [0.25, 0.3) is 0 Å². The van der Waals surface area contributed by atoms with Crippen molar-refractivity contribution in [2.45, 2.75) is 6.04 Å². The summed E-state index contributed by atoms with van der Waals surface area (Å²) < 4.78 is 0. The van der Waals surface area contributed by atoms with E-state index < -0.39 is 36.1 Å². The van der Waals surface area contributed by atoms with E-state index in [4.69, 9.17) is 10.2 Å². The van der Waals surface area contributed by atoms with Gasteiger partial charge >= 0.3 is 5.97 Å². The van der Waals surface area contributed by atoms with Crippen LogP contribution < -0.4 is 0 Å². The molecule has 7 nitrogen and oxygen atoms in total. The minimum Gasteiger partial charge on any atom is -0.507 e. The Morgan fingerprint density at radius 3 is 1.88 bits per heavy atom. The molecule has 0 saturated carbocycles. The summed E-state index contributed by atoms with van der Waals surface area (Å²) in [6.07, 6.45) is 14.8. The largest absolute Gasteiger partial charge is 0.507 e. The van der Waals surface area contributed by atoms with Crippen LogP contribution in [0.3, 0.4) is 0 Å². The first-order valence-electron chi connectivity index (χ1n) is 7.33. The summed E-state index contributed by atoms with van der Waals surface area (Å²) in [5.74, 6) is -2.72. The number of aliphatic hydroxyl groups is 2. The van der Waals surface area contributed by atoms with Crippen molar-refractivity contribution in [2.24, 2.45) is 0 Å². The molecular weight excluding hydrogens is 326 g/mol. The van der Waals surface area contributed by atoms with Gasteiger partial charge in [-0.05, 0) is 6.08 Å². The Morgan fingerprint density at radius 2 is 1.44 bits per heavy atom. The van der Waals surface area contributed by atoms with Gasteiger partial charge < -0.3 is 20.2 Å². The molecule has 0 radical (unpaired) electrons. The number of allylic oxidation sites excluding steroid dienone is 9. The van der Waals surface area contributed by atoms with Crippen molar-refractivity contribution in [3.05, 3.63) is 72.1 Å². The average Bonchev–Trinajstić information content (AvgIpc) is 2.78. The lowest BCUT2D eigenvalue weighted by molar-refractivity contribution is -0.131. The molecule has 0 aliphatic carbocycles. The van der Waals surface area contributed by atoms with E-state index in [1.807, 2.05) is 0 Å². The van der Waals surface area contributed by atoms with Gasteiger partial charge in [0.05, 0.1) is 6.61 Å². The maximum Gasteiger partial charge on any atom is 0.328 e. The lowest BCUT2D eigenvalue weighted by atomic mass is 10.1. The molecule has 0 spiro atoms. The Hall–Kier alpha value is -3.19. The van der Waals surface area contributed by atoms with Crippen LogP contribution in [0.1, 0.15) is 0 Å². The number of likely N-dealkylation sites (N-methyl/N-ethyl adjacent to an activating group) is 1. The molecule has 1 aliphatic rings. The number of Topliss-reactive ketones (excluding diaryl/α,β-unsaturated/α-hetero) is 1. The van der Waals surface area contributed by atoms with Crippen LogP contribution in [-0.2, 0) is 14.4 Å². The Bertz CT molecular complexity index is 709. The van der Waals surface area contributed by atoms with Gasteiger partial charge in [0.1, 0.15) is 17.4 Å². The third-order valence-electron chi connectivity index (χ3n) is 3.25. The number of rotatable bonds is 7. The van der Waals surface area contributed by atoms with E-state index in [-0.39, 0.29) is 5.57 Å². The predicted octanol–water partition coefficient (Wildman–Crippen LogP) is 1.07. The van der Waals surface area contributed by atoms with Crippen molar-refractivity contribution in [3.63, 3.8) is 0 Å². The number of carboxylic acids is 1. The highest BCUT2D eigenvalue weighted by atomic mass is 16.4. The van der Waals surface area contributed by atoms with Crippen LogP contribution in [-0.4, -0.2) is 57.6 Å². The van der Waals surface area contributed by atoms with E-state index >= 15 is 0 Å². The SMILES string of the molecule is CN1C(=O)C(=C(O)/C=C/C=C/C=C/C=C/C=C/C(=O)O)C(=O)[C@@H]1CO. The minimum absolute atomic E-state index is 0.338. The van der Waals surface area contributed by atoms with Crippen LogP contribution in [0, 0.1) is 0 Å². The van der Waals surface area contributed by atoms with Crippen LogP contribution >= 0.6 is 0 Å². The summed E-state index contributed by atoms with van der Waals surface area (Å²) in [5.41, 5.74) is -0.338. The van der Waals surface area contributed by atoms with Crippen LogP contribution in [0.4, 0.5) is 0 Å². The monoisotopic (exact) mass is 345 g/mol. The molecule has 0 aromatic rings. The van der Waals surface area contributed by atoms with Gasteiger partial charge in [-0.15, -0.1) is 0 Å². The van der Waals surface area contributed by atoms with Crippen molar-refractivity contribution in [3.8, 4) is 0 Å². The highest BCUT2D eigenvalue weighted by Crippen LogP contribution is 2.21. The second-order valence-corrected chi connectivity index (χ2v) is 4.95. The first kappa shape index (κ1) is 19.9. The molecule has 0 aromatic heterocycles. The van der Waals surface area contributed by atoms with Crippen LogP contribution in [0.5, 0.6) is 0 Å². The number of carbonyl (C=O) groups excluding carboxylic acids is 2. The van der Waals surface area contributed by atoms with E-state index in [0.717, 1.165) is 11.0 Å². The molecule has 1 aliphatic heterocycles. The predicted molar refractivity (Wildman–Crippen MR) is 91.6 cm³/mol. The summed E-state index contributed by atoms with van der Waals surface area (Å²) in [6, 6.07) is -0.960. The Balaban J connectivity index is 2.65. The summed E-state index contributed by atoms with van der Waals surface area (Å²) in [6.45, 7) is -0.499. The Morgan fingerprint density at radius 1 is 0.960 bits per heavy atom. The van der Waals surface area contributed by atoms with E-state index in [9.17, 15) is 19.5 Å². The van der Waals surface area contributed by atoms with E-state index in [2.05, 4.69) is 0 Å². The van der Waals surface area contributed by atoms with Gasteiger partial charge in [0.15, 0.2) is 5.78 Å². The fourth-order valence-corrected chi connectivity index (χ4v) is 1.96. The zero-order chi connectivity index (χ0) is 18.8. The Kier molecular flexibility index (Phi) is 7.81. The third-order valence-corrected chi connectivity index (χ3v) is 3.25. The highest BCUT2D eigenvalue weighted by molar-refractivity contribution is 6.27. The van der Waals surface area contributed by atoms with E-state index in [1.165, 1.54) is 25.3 Å². The zero-order valence-corrected chi connectivity index (χ0v) is 13.6. The topological polar surface area (TPSA) is 115 Å². The Labute approximate surface area is 144 Å². The van der Waals surface area contributed by atoms with Gasteiger partial charge in [-0.3, -0.25) is 9.59 Å². The second-order valence-electron chi connectivity index (χ2n) is 4.95. The lowest BCUT2D eigenvalue weighted by Gasteiger charge is -2.13. The maximum absolute atomic E-state index is 11.9. The number of hydrogen-bond acceptors (Lipinski definition) is 5. The molecule has 1 saturated heterocycles. The van der Waals surface area contributed by atoms with Crippen molar-refractivity contribution < 1.29 is 29.7 Å². The van der Waals surface area contributed by atoms with Crippen molar-refractivity contribution in [2.75, 3.05) is 13.7 Å². The summed E-state index contributed by atoms with van der Waals surface area (Å²) in [4.78, 5) is 35.1. The number of ketones is 1. The molecule has 0 aromatic carbocycles. The number of amides is 1. The molecule has 25 heavy (non-hydrogen) atoms. The van der Waals surface area contributed by atoms with Crippen LogP contribution in [0.15, 0.2) is 72.1 Å². The molecule has 0 unspecified atom stereocenters. The van der Waals surface area contributed by atoms with Gasteiger partial charge in [0.2, 0.25) is 0 Å². The van der Waals surface area contributed by atoms with Gasteiger partial charge in [-0.2, -0.15) is 0 Å². The summed E-state index contributed by atoms with van der Waals surface area (Å²) in [7, 11) is 1.38. The first-order valence-corrected chi connectivity index (χ1v) is 7.33.